The van der Waals surface area contributed by atoms with Crippen molar-refractivity contribution in [1.82, 2.24) is 25.9 Å². The first-order valence-electron chi connectivity index (χ1n) is 8.73. The number of nitro groups is 1. The van der Waals surface area contributed by atoms with Gasteiger partial charge in [-0.25, -0.2) is 4.63 Å². The summed E-state index contributed by atoms with van der Waals surface area (Å²) in [6.45, 7) is 4.40. The molecule has 3 aromatic rings. The molecular weight excluding hydrogens is 350 g/mol. The van der Waals surface area contributed by atoms with Gasteiger partial charge in [-0.05, 0) is 28.5 Å². The molecule has 10 nitrogen and oxygen atoms in total. The number of rotatable bonds is 2. The summed E-state index contributed by atoms with van der Waals surface area (Å²) in [7, 11) is 0. The van der Waals surface area contributed by atoms with Crippen molar-refractivity contribution in [3.63, 3.8) is 0 Å². The Morgan fingerprint density at radius 2 is 1.85 bits per heavy atom. The second-order valence-electron chi connectivity index (χ2n) is 6.29. The van der Waals surface area contributed by atoms with Gasteiger partial charge in [0.25, 0.3) is 0 Å². The summed E-state index contributed by atoms with van der Waals surface area (Å²) in [4.78, 5) is 17.5. The Kier molecular flexibility index (Phi) is 4.90. The van der Waals surface area contributed by atoms with Gasteiger partial charge in [-0.15, -0.1) is 0 Å². The molecule has 0 radical (unpaired) electrons. The molecule has 2 bridgehead atoms. The fourth-order valence-corrected chi connectivity index (χ4v) is 3.17. The monoisotopic (exact) mass is 369 g/mol. The number of benzene rings is 1. The summed E-state index contributed by atoms with van der Waals surface area (Å²) in [5.41, 5.74) is 3.05. The SMILES string of the molecule is O=[N+]([O-])c1ccc(N2CCNCCNCc3cccc(n3)C2)c2nonc12. The molecule has 0 atom stereocenters. The molecule has 3 heterocycles. The fourth-order valence-electron chi connectivity index (χ4n) is 3.17. The van der Waals surface area contributed by atoms with Crippen molar-refractivity contribution in [2.24, 2.45) is 0 Å². The Hall–Kier alpha value is -3.11. The molecule has 0 aliphatic carbocycles. The smallest absolute Gasteiger partial charge is 0.300 e. The van der Waals surface area contributed by atoms with Crippen molar-refractivity contribution in [1.29, 1.82) is 0 Å². The molecule has 0 fully saturated rings. The van der Waals surface area contributed by atoms with Gasteiger partial charge >= 0.3 is 5.69 Å². The highest BCUT2D eigenvalue weighted by Crippen LogP contribution is 2.31. The van der Waals surface area contributed by atoms with Crippen molar-refractivity contribution in [3.8, 4) is 0 Å². The molecule has 2 aromatic heterocycles. The highest BCUT2D eigenvalue weighted by molar-refractivity contribution is 5.93. The van der Waals surface area contributed by atoms with E-state index in [0.717, 1.165) is 36.7 Å². The summed E-state index contributed by atoms with van der Waals surface area (Å²) in [6, 6.07) is 9.09. The second-order valence-corrected chi connectivity index (χ2v) is 6.29. The molecule has 27 heavy (non-hydrogen) atoms. The molecule has 2 N–H and O–H groups in total. The van der Waals surface area contributed by atoms with Gasteiger partial charge in [-0.1, -0.05) is 6.07 Å². The van der Waals surface area contributed by atoms with Crippen LogP contribution in [0.2, 0.25) is 0 Å². The van der Waals surface area contributed by atoms with Gasteiger partial charge in [-0.2, -0.15) is 0 Å². The van der Waals surface area contributed by atoms with Crippen molar-refractivity contribution in [2.75, 3.05) is 31.1 Å². The van der Waals surface area contributed by atoms with Gasteiger partial charge < -0.3 is 15.5 Å². The largest absolute Gasteiger partial charge is 0.362 e. The van der Waals surface area contributed by atoms with Gasteiger partial charge in [-0.3, -0.25) is 15.1 Å². The number of fused-ring (bicyclic) bond motifs is 3. The maximum Gasteiger partial charge on any atom is 0.300 e. The quantitative estimate of drug-likeness (QED) is 0.507. The lowest BCUT2D eigenvalue weighted by Crippen LogP contribution is -2.36. The van der Waals surface area contributed by atoms with Crippen molar-refractivity contribution >= 4 is 22.4 Å². The van der Waals surface area contributed by atoms with Gasteiger partial charge in [0.15, 0.2) is 5.52 Å². The van der Waals surface area contributed by atoms with E-state index in [1.54, 1.807) is 6.07 Å². The molecular formula is C17H19N7O3. The van der Waals surface area contributed by atoms with Crippen LogP contribution in [0.5, 0.6) is 0 Å². The van der Waals surface area contributed by atoms with E-state index in [9.17, 15) is 10.1 Å². The van der Waals surface area contributed by atoms with Crippen molar-refractivity contribution in [2.45, 2.75) is 13.1 Å². The third kappa shape index (κ3) is 3.71. The summed E-state index contributed by atoms with van der Waals surface area (Å²) >= 11 is 0. The highest BCUT2D eigenvalue weighted by atomic mass is 16.6. The summed E-state index contributed by atoms with van der Waals surface area (Å²) in [5.74, 6) is 0. The van der Waals surface area contributed by atoms with Crippen LogP contribution in [0.15, 0.2) is 35.0 Å². The Labute approximate surface area is 154 Å². The molecule has 0 amide bonds. The van der Waals surface area contributed by atoms with Crippen LogP contribution < -0.4 is 15.5 Å². The van der Waals surface area contributed by atoms with Gasteiger partial charge in [0.05, 0.1) is 28.5 Å². The maximum absolute atomic E-state index is 11.2. The number of hydrogen-bond acceptors (Lipinski definition) is 9. The average Bonchev–Trinajstić information content (AvgIpc) is 3.14. The lowest BCUT2D eigenvalue weighted by Gasteiger charge is -2.25. The van der Waals surface area contributed by atoms with E-state index < -0.39 is 4.92 Å². The average molecular weight is 369 g/mol. The first-order chi connectivity index (χ1) is 13.2. The van der Waals surface area contributed by atoms with Gasteiger partial charge in [0.2, 0.25) is 5.52 Å². The Bertz CT molecular complexity index is 959. The standard InChI is InChI=1S/C17H19N7O3/c25-24(26)15-5-4-14(16-17(15)22-27-21-16)23-9-8-18-6-7-19-10-12-2-1-3-13(11-23)20-12/h1-5,18-19H,6-11H2. The van der Waals surface area contributed by atoms with E-state index in [-0.39, 0.29) is 11.2 Å². The van der Waals surface area contributed by atoms with Crippen LogP contribution >= 0.6 is 0 Å². The van der Waals surface area contributed by atoms with Crippen LogP contribution in [-0.4, -0.2) is 46.4 Å². The Morgan fingerprint density at radius 1 is 1.04 bits per heavy atom. The minimum Gasteiger partial charge on any atom is -0.362 e. The third-order valence-electron chi connectivity index (χ3n) is 4.47. The van der Waals surface area contributed by atoms with Crippen LogP contribution in [0.4, 0.5) is 11.4 Å². The molecule has 1 aliphatic rings. The molecule has 0 saturated heterocycles. The number of nitro benzene ring substituents is 1. The zero-order chi connectivity index (χ0) is 18.6. The Morgan fingerprint density at radius 3 is 2.74 bits per heavy atom. The number of pyridine rings is 1. The number of hydrogen-bond donors (Lipinski definition) is 2. The lowest BCUT2D eigenvalue weighted by molar-refractivity contribution is -0.383. The number of nitrogens with one attached hydrogen (secondary N) is 2. The van der Waals surface area contributed by atoms with Crippen LogP contribution in [-0.2, 0) is 13.1 Å². The minimum atomic E-state index is -0.480. The second kappa shape index (κ2) is 7.64. The predicted octanol–water partition coefficient (Wildman–Crippen LogP) is 1.23. The molecule has 4 rings (SSSR count). The zero-order valence-corrected chi connectivity index (χ0v) is 14.6. The van der Waals surface area contributed by atoms with Crippen LogP contribution in [0, 0.1) is 10.1 Å². The number of aromatic nitrogens is 3. The van der Waals surface area contributed by atoms with Gasteiger partial charge in [0, 0.05) is 38.8 Å². The number of nitrogens with zero attached hydrogens (tertiary/aromatic N) is 5. The molecule has 0 saturated carbocycles. The molecule has 0 spiro atoms. The van der Waals surface area contributed by atoms with E-state index in [4.69, 9.17) is 9.61 Å². The molecule has 10 heteroatoms. The predicted molar refractivity (Wildman–Crippen MR) is 98.3 cm³/mol. The number of anilines is 1. The third-order valence-corrected chi connectivity index (χ3v) is 4.47. The first-order valence-corrected chi connectivity index (χ1v) is 8.73. The van der Waals surface area contributed by atoms with Crippen LogP contribution in [0.1, 0.15) is 11.4 Å². The topological polar surface area (TPSA) is 122 Å². The van der Waals surface area contributed by atoms with Crippen LogP contribution in [0.25, 0.3) is 11.0 Å². The van der Waals surface area contributed by atoms with Crippen LogP contribution in [0.3, 0.4) is 0 Å². The summed E-state index contributed by atoms with van der Waals surface area (Å²) in [6.07, 6.45) is 0. The van der Waals surface area contributed by atoms with Crippen molar-refractivity contribution in [3.05, 3.63) is 51.8 Å². The molecule has 0 unspecified atom stereocenters. The van der Waals surface area contributed by atoms with Gasteiger partial charge in [0.1, 0.15) is 0 Å². The van der Waals surface area contributed by atoms with E-state index >= 15 is 0 Å². The maximum atomic E-state index is 11.2. The normalized spacial score (nSPS) is 15.9. The Balaban J connectivity index is 1.73. The summed E-state index contributed by atoms with van der Waals surface area (Å²) in [5, 5.41) is 25.6. The fraction of sp³-hybridized carbons (Fsp3) is 0.353. The first kappa shape index (κ1) is 17.3. The summed E-state index contributed by atoms with van der Waals surface area (Å²) < 4.78 is 4.80. The molecule has 1 aromatic carbocycles. The van der Waals surface area contributed by atoms with E-state index in [0.29, 0.717) is 25.2 Å². The molecule has 140 valence electrons. The molecule has 1 aliphatic heterocycles. The van der Waals surface area contributed by atoms with E-state index in [1.807, 2.05) is 18.2 Å². The highest BCUT2D eigenvalue weighted by Gasteiger charge is 2.22. The lowest BCUT2D eigenvalue weighted by atomic mass is 10.2. The van der Waals surface area contributed by atoms with E-state index in [2.05, 4.69) is 25.8 Å². The van der Waals surface area contributed by atoms with Crippen molar-refractivity contribution < 1.29 is 9.55 Å². The minimum absolute atomic E-state index is 0.117. The number of non-ortho nitro benzene ring substituents is 1. The van der Waals surface area contributed by atoms with E-state index in [1.165, 1.54) is 6.07 Å². The zero-order valence-electron chi connectivity index (χ0n) is 14.6.